The summed E-state index contributed by atoms with van der Waals surface area (Å²) < 4.78 is 13.4. The van der Waals surface area contributed by atoms with E-state index in [1.165, 1.54) is 0 Å². The molecule has 0 aliphatic carbocycles. The molecular formula is CH2ClO3P. The normalized spacial score (nSPS) is 49.8. The molecule has 0 N–H and O–H groups in total. The Kier molecular flexibility index (Phi) is 0.332. The van der Waals surface area contributed by atoms with Gasteiger partial charge in [0.05, 0.1) is 0 Å². The number of rotatable bonds is 0. The van der Waals surface area contributed by atoms with Gasteiger partial charge in [0, 0.05) is 0 Å². The van der Waals surface area contributed by atoms with Crippen molar-refractivity contribution in [3.05, 3.63) is 0 Å². The zero-order valence-electron chi connectivity index (χ0n) is 2.76. The average molecular weight is 128 g/mol. The van der Waals surface area contributed by atoms with Gasteiger partial charge in [0.25, 0.3) is 0 Å². The summed E-state index contributed by atoms with van der Waals surface area (Å²) in [6.45, 7) is -2.58. The summed E-state index contributed by atoms with van der Waals surface area (Å²) in [5.74, 6) is 0. The fourth-order valence-corrected chi connectivity index (χ4v) is 1.95. The van der Waals surface area contributed by atoms with E-state index in [1.54, 1.807) is 0 Å². The van der Waals surface area contributed by atoms with Crippen molar-refractivity contribution < 1.29 is 13.9 Å². The third-order valence-electron chi connectivity index (χ3n) is 0.735. The first-order valence-corrected chi connectivity index (χ1v) is 4.57. The quantitative estimate of drug-likeness (QED) is 0.281. The minimum absolute atomic E-state index is 0.479. The van der Waals surface area contributed by atoms with Gasteiger partial charge in [-0.05, 0) is 0 Å². The van der Waals surface area contributed by atoms with E-state index < -0.39 is 6.64 Å². The van der Waals surface area contributed by atoms with Crippen LogP contribution in [0.5, 0.6) is 0 Å². The van der Waals surface area contributed by atoms with Crippen molar-refractivity contribution >= 4 is 17.9 Å². The number of halogens is 1. The molecule has 0 bridgehead atoms. The maximum atomic E-state index is 5.47. The third-order valence-corrected chi connectivity index (χ3v) is 3.13. The molecule has 0 radical (unpaired) electrons. The van der Waals surface area contributed by atoms with Gasteiger partial charge in [-0.2, -0.15) is 0 Å². The predicted octanol–water partition coefficient (Wildman–Crippen LogP) is 1.39. The minimum atomic E-state index is -2.58. The van der Waals surface area contributed by atoms with Gasteiger partial charge in [0.1, 0.15) is 0 Å². The Balaban J connectivity index is 2.41. The average Bonchev–Trinajstić information content (AvgIpc) is 2.28. The molecule has 0 amide bonds. The second-order valence-corrected chi connectivity index (χ2v) is 5.99. The van der Waals surface area contributed by atoms with Crippen LogP contribution < -0.4 is 0 Å². The van der Waals surface area contributed by atoms with Gasteiger partial charge in [0.15, 0.2) is 0 Å². The van der Waals surface area contributed by atoms with Crippen LogP contribution in [-0.2, 0) is 13.9 Å². The molecule has 5 heteroatoms. The summed E-state index contributed by atoms with van der Waals surface area (Å²) >= 11 is 5.47. The van der Waals surface area contributed by atoms with Crippen LogP contribution in [0.15, 0.2) is 0 Å². The van der Waals surface area contributed by atoms with Gasteiger partial charge in [-0.15, -0.1) is 0 Å². The van der Waals surface area contributed by atoms with Crippen LogP contribution >= 0.6 is 17.9 Å². The van der Waals surface area contributed by atoms with Crippen LogP contribution in [0.1, 0.15) is 0 Å². The van der Waals surface area contributed by atoms with E-state index in [0.29, 0.717) is 6.35 Å². The van der Waals surface area contributed by atoms with Crippen LogP contribution in [0.3, 0.4) is 0 Å². The predicted molar refractivity (Wildman–Crippen MR) is 20.9 cm³/mol. The third kappa shape index (κ3) is 0.280. The molecule has 0 aromatic carbocycles. The Morgan fingerprint density at radius 3 is 2.00 bits per heavy atom. The van der Waals surface area contributed by atoms with Crippen LogP contribution in [0.4, 0.5) is 0 Å². The number of hydrogen-bond acceptors (Lipinski definition) is 3. The maximum absolute atomic E-state index is 5.47. The number of hydrogen-bond donors (Lipinski definition) is 0. The molecular weight excluding hydrogens is 126 g/mol. The Labute approximate surface area is 39.0 Å². The molecule has 2 saturated heterocycles. The molecule has 0 aromatic heterocycles. The Morgan fingerprint density at radius 2 is 2.00 bits per heavy atom. The summed E-state index contributed by atoms with van der Waals surface area (Å²) in [6, 6.07) is 0. The van der Waals surface area contributed by atoms with Gasteiger partial charge < -0.3 is 0 Å². The van der Waals surface area contributed by atoms with Gasteiger partial charge in [-0.3, -0.25) is 0 Å². The monoisotopic (exact) mass is 128 g/mol. The van der Waals surface area contributed by atoms with Gasteiger partial charge in [0.2, 0.25) is 0 Å². The van der Waals surface area contributed by atoms with Crippen molar-refractivity contribution in [2.24, 2.45) is 0 Å². The fraction of sp³-hybridized carbons (Fsp3) is 1.00. The second-order valence-electron chi connectivity index (χ2n) is 1.34. The first kappa shape index (κ1) is 3.58. The van der Waals surface area contributed by atoms with Gasteiger partial charge in [-0.25, -0.2) is 0 Å². The first-order valence-electron chi connectivity index (χ1n) is 1.49. The fourth-order valence-electron chi connectivity index (χ4n) is 0.205. The van der Waals surface area contributed by atoms with Gasteiger partial charge >= 0.3 is 38.1 Å². The second kappa shape index (κ2) is 0.556. The zero-order chi connectivity index (χ0) is 4.28. The molecule has 3 nitrogen and oxygen atoms in total. The van der Waals surface area contributed by atoms with Crippen molar-refractivity contribution in [3.8, 4) is 0 Å². The molecule has 0 atom stereocenters. The summed E-state index contributed by atoms with van der Waals surface area (Å²) in [5.41, 5.74) is 0. The van der Waals surface area contributed by atoms with E-state index in [0.717, 1.165) is 0 Å². The molecule has 2 rings (SSSR count). The Bertz CT molecular complexity index is 85.9. The summed E-state index contributed by atoms with van der Waals surface area (Å²) in [7, 11) is 0. The molecule has 36 valence electrons. The molecule has 2 heterocycles. The summed E-state index contributed by atoms with van der Waals surface area (Å²) in [5, 5.41) is 0. The SMILES string of the molecule is ClP12(CO1)OO2. The van der Waals surface area contributed by atoms with Crippen LogP contribution in [-0.4, -0.2) is 6.35 Å². The van der Waals surface area contributed by atoms with E-state index in [9.17, 15) is 0 Å². The van der Waals surface area contributed by atoms with Crippen LogP contribution in [0, 0.1) is 0 Å². The van der Waals surface area contributed by atoms with Gasteiger partial charge in [-0.1, -0.05) is 0 Å². The van der Waals surface area contributed by atoms with Crippen molar-refractivity contribution in [1.82, 2.24) is 0 Å². The van der Waals surface area contributed by atoms with E-state index in [2.05, 4.69) is 13.9 Å². The molecule has 2 fully saturated rings. The van der Waals surface area contributed by atoms with E-state index in [-0.39, 0.29) is 0 Å². The standard InChI is InChI=1S/CH2ClO3P/c2-6(1-3-6)4-5-6/h1H2. The first-order chi connectivity index (χ1) is 2.71. The molecule has 6 heavy (non-hydrogen) atoms. The molecule has 2 aliphatic rings. The Hall–Kier alpha value is 0.600. The summed E-state index contributed by atoms with van der Waals surface area (Å²) in [4.78, 5) is 0. The summed E-state index contributed by atoms with van der Waals surface area (Å²) in [6.07, 6.45) is 0.479. The van der Waals surface area contributed by atoms with Crippen molar-refractivity contribution in [2.75, 3.05) is 6.35 Å². The molecule has 1 spiro atoms. The zero-order valence-corrected chi connectivity index (χ0v) is 4.41. The van der Waals surface area contributed by atoms with E-state index >= 15 is 0 Å². The van der Waals surface area contributed by atoms with Crippen LogP contribution in [0.2, 0.25) is 0 Å². The molecule has 0 saturated carbocycles. The van der Waals surface area contributed by atoms with Crippen molar-refractivity contribution in [2.45, 2.75) is 0 Å². The molecule has 2 aliphatic heterocycles. The van der Waals surface area contributed by atoms with Crippen LogP contribution in [0.25, 0.3) is 0 Å². The van der Waals surface area contributed by atoms with E-state index in [4.69, 9.17) is 11.2 Å². The van der Waals surface area contributed by atoms with E-state index in [1.807, 2.05) is 0 Å². The molecule has 0 unspecified atom stereocenters. The Morgan fingerprint density at radius 1 is 1.50 bits per heavy atom. The molecule has 0 aromatic rings. The van der Waals surface area contributed by atoms with Crippen molar-refractivity contribution in [1.29, 1.82) is 0 Å². The topological polar surface area (TPSA) is 37.6 Å². The van der Waals surface area contributed by atoms with Crippen molar-refractivity contribution in [3.63, 3.8) is 0 Å².